The molecule has 29 heavy (non-hydrogen) atoms. The fraction of sp³-hybridized carbons (Fsp3) is 0.182. The van der Waals surface area contributed by atoms with Gasteiger partial charge in [-0.15, -0.1) is 11.8 Å². The van der Waals surface area contributed by atoms with Crippen LogP contribution in [0.2, 0.25) is 0 Å². The lowest BCUT2D eigenvalue weighted by molar-refractivity contribution is -0.111. The minimum Gasteiger partial charge on any atom is -0.293 e. The maximum absolute atomic E-state index is 12.7. The number of hydrazone groups is 1. The summed E-state index contributed by atoms with van der Waals surface area (Å²) in [6.07, 6.45) is 3.96. The van der Waals surface area contributed by atoms with E-state index < -0.39 is 0 Å². The fourth-order valence-corrected chi connectivity index (χ4v) is 4.45. The van der Waals surface area contributed by atoms with Crippen LogP contribution in [0.4, 0.5) is 11.5 Å². The second-order valence-electron chi connectivity index (χ2n) is 6.49. The summed E-state index contributed by atoms with van der Waals surface area (Å²) in [6.45, 7) is 1.57. The van der Waals surface area contributed by atoms with Crippen LogP contribution in [0.5, 0.6) is 0 Å². The van der Waals surface area contributed by atoms with Gasteiger partial charge in [-0.25, -0.2) is 15.0 Å². The SMILES string of the molecule is CSc1nc(SC)c2c(n1)N(c1ccccc1)N=C(C(C)=O)C2c1ccccc1. The molecule has 0 fully saturated rings. The molecule has 0 N–H and O–H groups in total. The van der Waals surface area contributed by atoms with E-state index in [1.165, 1.54) is 11.8 Å². The molecule has 0 saturated heterocycles. The highest BCUT2D eigenvalue weighted by Crippen LogP contribution is 2.44. The first-order valence-electron chi connectivity index (χ1n) is 9.13. The second-order valence-corrected chi connectivity index (χ2v) is 8.06. The molecule has 2 heterocycles. The highest BCUT2D eigenvalue weighted by molar-refractivity contribution is 7.99. The van der Waals surface area contributed by atoms with Crippen molar-refractivity contribution in [2.24, 2.45) is 5.10 Å². The van der Waals surface area contributed by atoms with Gasteiger partial charge in [0, 0.05) is 12.5 Å². The van der Waals surface area contributed by atoms with E-state index in [4.69, 9.17) is 15.1 Å². The number of fused-ring (bicyclic) bond motifs is 1. The van der Waals surface area contributed by atoms with Gasteiger partial charge in [-0.3, -0.25) is 4.79 Å². The van der Waals surface area contributed by atoms with E-state index in [2.05, 4.69) is 0 Å². The van der Waals surface area contributed by atoms with Gasteiger partial charge in [0.1, 0.15) is 10.7 Å². The van der Waals surface area contributed by atoms with Crippen LogP contribution in [0.25, 0.3) is 0 Å². The monoisotopic (exact) mass is 420 g/mol. The van der Waals surface area contributed by atoms with Gasteiger partial charge in [0.15, 0.2) is 16.8 Å². The first-order valence-corrected chi connectivity index (χ1v) is 11.6. The number of aromatic nitrogens is 2. The number of carbonyl (C=O) groups excluding carboxylic acids is 1. The summed E-state index contributed by atoms with van der Waals surface area (Å²) in [4.78, 5) is 22.2. The quantitative estimate of drug-likeness (QED) is 0.323. The molecule has 146 valence electrons. The number of benzene rings is 2. The Morgan fingerprint density at radius 1 is 0.931 bits per heavy atom. The average Bonchev–Trinajstić information content (AvgIpc) is 2.78. The Bertz CT molecular complexity index is 1070. The summed E-state index contributed by atoms with van der Waals surface area (Å²) in [5.41, 5.74) is 3.27. The molecule has 1 aliphatic rings. The summed E-state index contributed by atoms with van der Waals surface area (Å²) in [6, 6.07) is 19.8. The molecule has 1 unspecified atom stereocenters. The summed E-state index contributed by atoms with van der Waals surface area (Å²) >= 11 is 3.06. The van der Waals surface area contributed by atoms with Gasteiger partial charge in [-0.1, -0.05) is 60.3 Å². The van der Waals surface area contributed by atoms with Crippen LogP contribution >= 0.6 is 23.5 Å². The van der Waals surface area contributed by atoms with Gasteiger partial charge in [0.05, 0.1) is 11.6 Å². The molecule has 7 heteroatoms. The Morgan fingerprint density at radius 2 is 1.59 bits per heavy atom. The standard InChI is InChI=1S/C22H20N4OS2/c1-14(27)19-17(15-10-6-4-7-11-15)18-20(23-22(29-3)24-21(18)28-2)26(25-19)16-12-8-5-9-13-16/h4-13,17H,1-3H3. The highest BCUT2D eigenvalue weighted by Gasteiger charge is 2.37. The first kappa shape index (κ1) is 19.7. The molecule has 3 aromatic rings. The number of nitrogens with zero attached hydrogens (tertiary/aromatic N) is 4. The molecule has 0 spiro atoms. The van der Waals surface area contributed by atoms with E-state index in [0.29, 0.717) is 10.9 Å². The molecule has 2 aromatic carbocycles. The molecule has 0 bridgehead atoms. The number of carbonyl (C=O) groups is 1. The lowest BCUT2D eigenvalue weighted by Crippen LogP contribution is -2.32. The smallest absolute Gasteiger partial charge is 0.190 e. The Labute approximate surface area is 178 Å². The van der Waals surface area contributed by atoms with Crippen molar-refractivity contribution in [3.05, 3.63) is 71.8 Å². The Morgan fingerprint density at radius 3 is 2.17 bits per heavy atom. The summed E-state index contributed by atoms with van der Waals surface area (Å²) in [5, 5.41) is 8.11. The minimum absolute atomic E-state index is 0.0635. The molecule has 0 amide bonds. The molecular weight excluding hydrogens is 400 g/mol. The summed E-state index contributed by atoms with van der Waals surface area (Å²) in [5.74, 6) is 0.354. The van der Waals surface area contributed by atoms with Crippen LogP contribution < -0.4 is 5.01 Å². The maximum atomic E-state index is 12.7. The third-order valence-electron chi connectivity index (χ3n) is 4.71. The Balaban J connectivity index is 2.04. The van der Waals surface area contributed by atoms with Crippen molar-refractivity contribution >= 4 is 46.5 Å². The van der Waals surface area contributed by atoms with Crippen molar-refractivity contribution in [3.63, 3.8) is 0 Å². The first-order chi connectivity index (χ1) is 14.1. The number of hydrogen-bond acceptors (Lipinski definition) is 7. The largest absolute Gasteiger partial charge is 0.293 e. The minimum atomic E-state index is -0.304. The number of Topliss-reactive ketones (excluding diaryl/α,β-unsaturated/α-hetero) is 1. The molecule has 0 radical (unpaired) electrons. The van der Waals surface area contributed by atoms with Crippen LogP contribution in [-0.2, 0) is 4.79 Å². The van der Waals surface area contributed by atoms with E-state index in [9.17, 15) is 4.79 Å². The van der Waals surface area contributed by atoms with Crippen molar-refractivity contribution in [1.82, 2.24) is 9.97 Å². The topological polar surface area (TPSA) is 58.5 Å². The van der Waals surface area contributed by atoms with Crippen molar-refractivity contribution in [2.75, 3.05) is 17.5 Å². The zero-order valence-electron chi connectivity index (χ0n) is 16.4. The fourth-order valence-electron chi connectivity index (χ4n) is 3.42. The van der Waals surface area contributed by atoms with E-state index in [0.717, 1.165) is 27.7 Å². The summed E-state index contributed by atoms with van der Waals surface area (Å²) in [7, 11) is 0. The van der Waals surface area contributed by atoms with Gasteiger partial charge in [-0.05, 0) is 30.2 Å². The number of ketones is 1. The molecule has 1 aromatic heterocycles. The molecule has 0 saturated carbocycles. The Kier molecular flexibility index (Phi) is 5.69. The summed E-state index contributed by atoms with van der Waals surface area (Å²) < 4.78 is 0. The normalized spacial score (nSPS) is 15.6. The van der Waals surface area contributed by atoms with Gasteiger partial charge in [0.2, 0.25) is 0 Å². The molecule has 1 aliphatic heterocycles. The van der Waals surface area contributed by atoms with E-state index in [-0.39, 0.29) is 11.7 Å². The van der Waals surface area contributed by atoms with Gasteiger partial charge < -0.3 is 0 Å². The Hall–Kier alpha value is -2.64. The second kappa shape index (κ2) is 8.39. The van der Waals surface area contributed by atoms with Gasteiger partial charge in [-0.2, -0.15) is 5.10 Å². The molecule has 4 rings (SSSR count). The third-order valence-corrected chi connectivity index (χ3v) is 5.96. The molecule has 1 atom stereocenters. The van der Waals surface area contributed by atoms with Crippen LogP contribution in [0.1, 0.15) is 24.0 Å². The predicted octanol–water partition coefficient (Wildman–Crippen LogP) is 5.15. The highest BCUT2D eigenvalue weighted by atomic mass is 32.2. The van der Waals surface area contributed by atoms with Crippen molar-refractivity contribution in [1.29, 1.82) is 0 Å². The molecular formula is C22H20N4OS2. The van der Waals surface area contributed by atoms with Gasteiger partial charge in [0.25, 0.3) is 0 Å². The van der Waals surface area contributed by atoms with Crippen LogP contribution in [0, 0.1) is 0 Å². The number of rotatable bonds is 5. The van der Waals surface area contributed by atoms with E-state index in [1.54, 1.807) is 23.7 Å². The number of para-hydroxylation sites is 1. The van der Waals surface area contributed by atoms with Gasteiger partial charge >= 0.3 is 0 Å². The van der Waals surface area contributed by atoms with Crippen LogP contribution in [-0.4, -0.2) is 34.0 Å². The maximum Gasteiger partial charge on any atom is 0.190 e. The average molecular weight is 421 g/mol. The third kappa shape index (κ3) is 3.68. The van der Waals surface area contributed by atoms with Crippen LogP contribution in [0.15, 0.2) is 75.9 Å². The number of anilines is 2. The van der Waals surface area contributed by atoms with Crippen molar-refractivity contribution < 1.29 is 4.79 Å². The van der Waals surface area contributed by atoms with Crippen molar-refractivity contribution in [3.8, 4) is 0 Å². The number of hydrogen-bond donors (Lipinski definition) is 0. The van der Waals surface area contributed by atoms with Crippen LogP contribution in [0.3, 0.4) is 0 Å². The predicted molar refractivity (Wildman–Crippen MR) is 121 cm³/mol. The lowest BCUT2D eigenvalue weighted by Gasteiger charge is -2.32. The lowest BCUT2D eigenvalue weighted by atomic mass is 9.85. The zero-order valence-corrected chi connectivity index (χ0v) is 18.0. The van der Waals surface area contributed by atoms with E-state index >= 15 is 0 Å². The number of thioether (sulfide) groups is 2. The zero-order chi connectivity index (χ0) is 20.4. The van der Waals surface area contributed by atoms with E-state index in [1.807, 2.05) is 73.2 Å². The molecule has 0 aliphatic carbocycles. The molecule has 5 nitrogen and oxygen atoms in total. The van der Waals surface area contributed by atoms with Crippen molar-refractivity contribution in [2.45, 2.75) is 23.0 Å².